The van der Waals surface area contributed by atoms with Gasteiger partial charge >= 0.3 is 5.69 Å². The molecule has 0 heterocycles. The topological polar surface area (TPSA) is 120 Å². The fraction of sp³-hybridized carbons (Fsp3) is 0.611. The number of nitro benzene ring substituents is 2. The van der Waals surface area contributed by atoms with E-state index in [0.29, 0.717) is 29.6 Å². The molecule has 6 saturated carbocycles. The molecule has 0 spiro atoms. The van der Waals surface area contributed by atoms with Crippen LogP contribution in [0.15, 0.2) is 23.3 Å². The van der Waals surface area contributed by atoms with Crippen molar-refractivity contribution < 1.29 is 14.6 Å². The van der Waals surface area contributed by atoms with Crippen molar-refractivity contribution in [3.05, 3.63) is 38.4 Å². The summed E-state index contributed by atoms with van der Waals surface area (Å²) in [6, 6.07) is 3.59. The number of anilines is 1. The normalized spacial score (nSPS) is 45.5. The molecule has 0 amide bonds. The van der Waals surface area contributed by atoms with E-state index >= 15 is 0 Å². The molecule has 1 N–H and O–H groups in total. The molecular formula is C18H18N4O5. The number of methoxy groups -OCH3 is 1. The number of nitro groups is 2. The average molecular weight is 370 g/mol. The minimum Gasteiger partial charge on any atom is -0.377 e. The molecule has 0 radical (unpaired) electrons. The lowest BCUT2D eigenvalue weighted by atomic mass is 9.69. The maximum absolute atomic E-state index is 11.3. The van der Waals surface area contributed by atoms with Gasteiger partial charge in [0.1, 0.15) is 5.69 Å². The Morgan fingerprint density at radius 2 is 2.04 bits per heavy atom. The van der Waals surface area contributed by atoms with Crippen molar-refractivity contribution in [2.45, 2.75) is 18.4 Å². The molecule has 9 nitrogen and oxygen atoms in total. The summed E-state index contributed by atoms with van der Waals surface area (Å²) in [5.41, 5.74) is 3.42. The molecule has 6 aliphatic rings. The molecule has 6 fully saturated rings. The first kappa shape index (κ1) is 15.5. The van der Waals surface area contributed by atoms with Crippen molar-refractivity contribution >= 4 is 22.8 Å². The van der Waals surface area contributed by atoms with Crippen LogP contribution in [0.2, 0.25) is 0 Å². The zero-order chi connectivity index (χ0) is 18.7. The number of benzene rings is 1. The van der Waals surface area contributed by atoms with E-state index < -0.39 is 9.85 Å². The van der Waals surface area contributed by atoms with Crippen molar-refractivity contribution in [2.75, 3.05) is 12.5 Å². The molecule has 0 aliphatic heterocycles. The molecule has 0 saturated heterocycles. The SMILES string of the molecule is CO[C@@]12C[C@H]3[C@H]4C[C@H]5[C@@H](C(=NNc6ccc([N+](=O)[O-])cc6[N+](=O)[O-])[C@H]1[C@H]35)[C@H]42. The molecule has 0 unspecified atom stereocenters. The third-order valence-electron chi connectivity index (χ3n) is 8.16. The highest BCUT2D eigenvalue weighted by molar-refractivity contribution is 5.98. The standard InChI is InChI=1S/C18H18N4O5/c1-27-18-6-10-8-5-9-13(10)16(18)17(14(9)15(8)18)20-19-11-3-2-7(21(23)24)4-12(11)22(25)26/h2-4,8-10,13-16,19H,5-6H2,1H3/t8-,9-,10+,13+,14-,15+,16-,18-/m1/s1. The fourth-order valence-corrected chi connectivity index (χ4v) is 7.75. The van der Waals surface area contributed by atoms with E-state index in [1.807, 2.05) is 7.11 Å². The van der Waals surface area contributed by atoms with E-state index in [1.54, 1.807) is 0 Å². The average Bonchev–Trinajstić information content (AvgIpc) is 3.38. The molecule has 9 heteroatoms. The molecule has 6 aliphatic carbocycles. The summed E-state index contributed by atoms with van der Waals surface area (Å²) in [6.07, 6.45) is 2.39. The van der Waals surface area contributed by atoms with Gasteiger partial charge in [0.05, 0.1) is 21.5 Å². The molecule has 27 heavy (non-hydrogen) atoms. The monoisotopic (exact) mass is 370 g/mol. The molecule has 1 aromatic rings. The summed E-state index contributed by atoms with van der Waals surface area (Å²) in [4.78, 5) is 21.0. The van der Waals surface area contributed by atoms with Crippen LogP contribution < -0.4 is 5.43 Å². The smallest absolute Gasteiger partial charge is 0.301 e. The van der Waals surface area contributed by atoms with Crippen molar-refractivity contribution in [1.29, 1.82) is 0 Å². The van der Waals surface area contributed by atoms with Gasteiger partial charge < -0.3 is 4.74 Å². The van der Waals surface area contributed by atoms with Gasteiger partial charge in [0, 0.05) is 36.6 Å². The highest BCUT2D eigenvalue weighted by Crippen LogP contribution is 2.83. The van der Waals surface area contributed by atoms with Gasteiger partial charge in [-0.15, -0.1) is 0 Å². The largest absolute Gasteiger partial charge is 0.377 e. The number of ether oxygens (including phenoxy) is 1. The molecule has 140 valence electrons. The van der Waals surface area contributed by atoms with Crippen LogP contribution in [0.25, 0.3) is 0 Å². The molecular weight excluding hydrogens is 352 g/mol. The number of non-ortho nitro benzene ring substituents is 1. The van der Waals surface area contributed by atoms with E-state index in [-0.39, 0.29) is 22.7 Å². The second-order valence-corrected chi connectivity index (χ2v) is 8.56. The van der Waals surface area contributed by atoms with Crippen LogP contribution >= 0.6 is 0 Å². The second kappa shape index (κ2) is 4.64. The van der Waals surface area contributed by atoms with Gasteiger partial charge in [0.25, 0.3) is 5.69 Å². The van der Waals surface area contributed by atoms with Crippen LogP contribution in [0.1, 0.15) is 12.8 Å². The molecule has 1 aromatic carbocycles. The predicted octanol–water partition coefficient (Wildman–Crippen LogP) is 2.82. The van der Waals surface area contributed by atoms with Crippen molar-refractivity contribution in [1.82, 2.24) is 0 Å². The number of hydrogen-bond donors (Lipinski definition) is 1. The Balaban J connectivity index is 1.37. The number of hydrazone groups is 1. The Hall–Kier alpha value is -2.55. The van der Waals surface area contributed by atoms with Gasteiger partial charge in [-0.05, 0) is 42.6 Å². The zero-order valence-corrected chi connectivity index (χ0v) is 14.6. The van der Waals surface area contributed by atoms with E-state index in [0.717, 1.165) is 30.0 Å². The number of hydrogen-bond acceptors (Lipinski definition) is 7. The van der Waals surface area contributed by atoms with E-state index in [2.05, 4.69) is 10.5 Å². The first-order chi connectivity index (χ1) is 13.0. The minimum absolute atomic E-state index is 0.0837. The number of nitrogens with one attached hydrogen (secondary N) is 1. The van der Waals surface area contributed by atoms with E-state index in [1.165, 1.54) is 18.6 Å². The summed E-state index contributed by atoms with van der Waals surface area (Å²) < 4.78 is 6.07. The summed E-state index contributed by atoms with van der Waals surface area (Å²) in [6.45, 7) is 0. The summed E-state index contributed by atoms with van der Waals surface area (Å²) in [5, 5.41) is 26.9. The first-order valence-corrected chi connectivity index (χ1v) is 9.29. The van der Waals surface area contributed by atoms with Crippen LogP contribution in [0.4, 0.5) is 17.1 Å². The quantitative estimate of drug-likeness (QED) is 0.628. The fourth-order valence-electron chi connectivity index (χ4n) is 7.75. The third-order valence-corrected chi connectivity index (χ3v) is 8.16. The van der Waals surface area contributed by atoms with Crippen LogP contribution in [0.5, 0.6) is 0 Å². The third kappa shape index (κ3) is 1.55. The van der Waals surface area contributed by atoms with Crippen LogP contribution in [0, 0.1) is 61.7 Å². The summed E-state index contributed by atoms with van der Waals surface area (Å²) in [7, 11) is 1.81. The van der Waals surface area contributed by atoms with Crippen LogP contribution in [0.3, 0.4) is 0 Å². The molecule has 8 atom stereocenters. The Bertz CT molecular complexity index is 948. The Labute approximate surface area is 154 Å². The maximum Gasteiger partial charge on any atom is 0.301 e. The molecule has 0 aromatic heterocycles. The summed E-state index contributed by atoms with van der Waals surface area (Å²) in [5.74, 6) is 4.12. The Morgan fingerprint density at radius 1 is 1.22 bits per heavy atom. The van der Waals surface area contributed by atoms with Crippen molar-refractivity contribution in [2.24, 2.45) is 46.5 Å². The highest BCUT2D eigenvalue weighted by atomic mass is 16.6. The van der Waals surface area contributed by atoms with Gasteiger partial charge in [-0.3, -0.25) is 25.7 Å². The second-order valence-electron chi connectivity index (χ2n) is 8.56. The Kier molecular flexibility index (Phi) is 2.67. The van der Waals surface area contributed by atoms with E-state index in [4.69, 9.17) is 4.74 Å². The lowest BCUT2D eigenvalue weighted by Gasteiger charge is -2.40. The number of rotatable bonds is 5. The van der Waals surface area contributed by atoms with Gasteiger partial charge in [-0.2, -0.15) is 5.10 Å². The first-order valence-electron chi connectivity index (χ1n) is 9.29. The lowest BCUT2D eigenvalue weighted by molar-refractivity contribution is -0.393. The van der Waals surface area contributed by atoms with Crippen molar-refractivity contribution in [3.63, 3.8) is 0 Å². The molecule has 6 bridgehead atoms. The Morgan fingerprint density at radius 3 is 2.74 bits per heavy atom. The van der Waals surface area contributed by atoms with Gasteiger partial charge in [-0.25, -0.2) is 0 Å². The van der Waals surface area contributed by atoms with Crippen LogP contribution in [-0.4, -0.2) is 28.3 Å². The zero-order valence-electron chi connectivity index (χ0n) is 14.6. The predicted molar refractivity (Wildman–Crippen MR) is 94.2 cm³/mol. The van der Waals surface area contributed by atoms with Crippen LogP contribution in [-0.2, 0) is 4.74 Å². The van der Waals surface area contributed by atoms with Gasteiger partial charge in [0.15, 0.2) is 0 Å². The van der Waals surface area contributed by atoms with Gasteiger partial charge in [0.2, 0.25) is 0 Å². The number of nitrogens with zero attached hydrogens (tertiary/aromatic N) is 3. The highest BCUT2D eigenvalue weighted by Gasteiger charge is 2.86. The maximum atomic E-state index is 11.3. The van der Waals surface area contributed by atoms with E-state index in [9.17, 15) is 20.2 Å². The molecule has 7 rings (SSSR count). The minimum atomic E-state index is -0.639. The van der Waals surface area contributed by atoms with Gasteiger partial charge in [-0.1, -0.05) is 0 Å². The lowest BCUT2D eigenvalue weighted by Crippen LogP contribution is -2.45. The summed E-state index contributed by atoms with van der Waals surface area (Å²) >= 11 is 0. The van der Waals surface area contributed by atoms with Crippen molar-refractivity contribution in [3.8, 4) is 0 Å².